The number of halogens is 1. The average Bonchev–Trinajstić information content (AvgIpc) is 2.76. The summed E-state index contributed by atoms with van der Waals surface area (Å²) in [6.45, 7) is 4.20. The number of carbonyl (C=O) groups excluding carboxylic acids is 1. The Kier molecular flexibility index (Phi) is 4.29. The zero-order valence-electron chi connectivity index (χ0n) is 11.6. The van der Waals surface area contributed by atoms with Gasteiger partial charge in [0, 0.05) is 11.0 Å². The predicted octanol–water partition coefficient (Wildman–Crippen LogP) is 2.68. The summed E-state index contributed by atoms with van der Waals surface area (Å²) >= 11 is 3.33. The van der Waals surface area contributed by atoms with E-state index in [0.717, 1.165) is 0 Å². The molecular formula is C14H14BrN5O. The van der Waals surface area contributed by atoms with Crippen LogP contribution in [0.5, 0.6) is 0 Å². The number of anilines is 2. The van der Waals surface area contributed by atoms with Crippen LogP contribution in [0.1, 0.15) is 28.7 Å². The van der Waals surface area contributed by atoms with Crippen LogP contribution in [0.2, 0.25) is 0 Å². The van der Waals surface area contributed by atoms with E-state index in [4.69, 9.17) is 11.0 Å². The number of hydrogen-bond acceptors (Lipinski definition) is 4. The van der Waals surface area contributed by atoms with Crippen molar-refractivity contribution < 1.29 is 4.79 Å². The van der Waals surface area contributed by atoms with Gasteiger partial charge in [-0.05, 0) is 48.0 Å². The van der Waals surface area contributed by atoms with E-state index in [0.29, 0.717) is 39.3 Å². The Balaban J connectivity index is 2.33. The van der Waals surface area contributed by atoms with Gasteiger partial charge in [0.15, 0.2) is 0 Å². The van der Waals surface area contributed by atoms with Crippen molar-refractivity contribution in [1.82, 2.24) is 9.78 Å². The molecule has 6 nitrogen and oxygen atoms in total. The van der Waals surface area contributed by atoms with Crippen LogP contribution >= 0.6 is 15.9 Å². The number of aromatic nitrogens is 2. The van der Waals surface area contributed by atoms with Crippen molar-refractivity contribution in [3.05, 3.63) is 39.6 Å². The normalized spacial score (nSPS) is 10.2. The van der Waals surface area contributed by atoms with E-state index in [1.165, 1.54) is 0 Å². The molecule has 1 aromatic carbocycles. The summed E-state index contributed by atoms with van der Waals surface area (Å²) in [7, 11) is 0. The van der Waals surface area contributed by atoms with Crippen molar-refractivity contribution >= 4 is 33.2 Å². The van der Waals surface area contributed by atoms with Gasteiger partial charge in [0.05, 0.1) is 28.7 Å². The first-order valence-electron chi connectivity index (χ1n) is 6.31. The van der Waals surface area contributed by atoms with E-state index < -0.39 is 0 Å². The summed E-state index contributed by atoms with van der Waals surface area (Å²) in [4.78, 5) is 12.4. The van der Waals surface area contributed by atoms with E-state index >= 15 is 0 Å². The third kappa shape index (κ3) is 2.90. The lowest BCUT2D eigenvalue weighted by atomic mass is 10.2. The number of nitrogen functional groups attached to an aromatic ring is 1. The van der Waals surface area contributed by atoms with Crippen molar-refractivity contribution in [3.63, 3.8) is 0 Å². The molecule has 7 heteroatoms. The molecule has 1 heterocycles. The Morgan fingerprint density at radius 1 is 1.57 bits per heavy atom. The van der Waals surface area contributed by atoms with Gasteiger partial charge in [0.1, 0.15) is 5.69 Å². The van der Waals surface area contributed by atoms with Gasteiger partial charge in [-0.1, -0.05) is 0 Å². The van der Waals surface area contributed by atoms with Gasteiger partial charge in [-0.3, -0.25) is 9.48 Å². The van der Waals surface area contributed by atoms with Crippen LogP contribution in [0.15, 0.2) is 22.7 Å². The van der Waals surface area contributed by atoms with Crippen molar-refractivity contribution in [2.45, 2.75) is 20.4 Å². The molecule has 0 bridgehead atoms. The van der Waals surface area contributed by atoms with Crippen LogP contribution in [0, 0.1) is 18.3 Å². The molecule has 0 aliphatic heterocycles. The number of nitrogens with two attached hydrogens (primary N) is 1. The van der Waals surface area contributed by atoms with Gasteiger partial charge in [0.2, 0.25) is 0 Å². The van der Waals surface area contributed by atoms with Crippen molar-refractivity contribution in [2.75, 3.05) is 11.1 Å². The number of aryl methyl sites for hydroxylation is 2. The molecule has 0 saturated carbocycles. The predicted molar refractivity (Wildman–Crippen MR) is 83.9 cm³/mol. The van der Waals surface area contributed by atoms with Crippen LogP contribution in [-0.4, -0.2) is 15.7 Å². The van der Waals surface area contributed by atoms with Gasteiger partial charge < -0.3 is 11.1 Å². The Morgan fingerprint density at radius 3 is 2.86 bits per heavy atom. The van der Waals surface area contributed by atoms with Crippen LogP contribution < -0.4 is 11.1 Å². The Morgan fingerprint density at radius 2 is 2.29 bits per heavy atom. The minimum absolute atomic E-state index is 0.333. The molecule has 108 valence electrons. The van der Waals surface area contributed by atoms with Gasteiger partial charge in [-0.15, -0.1) is 0 Å². The second-order valence-corrected chi connectivity index (χ2v) is 5.28. The standard InChI is InChI=1S/C14H14BrN5O/c1-3-20-13(12(17)8(2)19-20)14(21)18-11-5-4-9(7-16)6-10(11)15/h4-6H,3,17H2,1-2H3,(H,18,21). The minimum atomic E-state index is -0.333. The highest BCUT2D eigenvalue weighted by molar-refractivity contribution is 9.10. The lowest BCUT2D eigenvalue weighted by molar-refractivity contribution is 0.101. The Hall–Kier alpha value is -2.33. The first-order valence-corrected chi connectivity index (χ1v) is 7.11. The summed E-state index contributed by atoms with van der Waals surface area (Å²) in [5.74, 6) is -0.333. The third-order valence-corrected chi connectivity index (χ3v) is 3.69. The summed E-state index contributed by atoms with van der Waals surface area (Å²) in [6, 6.07) is 6.97. The minimum Gasteiger partial charge on any atom is -0.395 e. The monoisotopic (exact) mass is 347 g/mol. The highest BCUT2D eigenvalue weighted by Crippen LogP contribution is 2.25. The topological polar surface area (TPSA) is 96.7 Å². The molecule has 3 N–H and O–H groups in total. The summed E-state index contributed by atoms with van der Waals surface area (Å²) in [5, 5.41) is 15.8. The molecule has 0 aliphatic carbocycles. The number of nitrogens with zero attached hydrogens (tertiary/aromatic N) is 3. The van der Waals surface area contributed by atoms with Crippen LogP contribution in [0.4, 0.5) is 11.4 Å². The largest absolute Gasteiger partial charge is 0.395 e. The van der Waals surface area contributed by atoms with Gasteiger partial charge in [-0.25, -0.2) is 0 Å². The number of nitrogens with one attached hydrogen (secondary N) is 1. The molecular weight excluding hydrogens is 334 g/mol. The molecule has 21 heavy (non-hydrogen) atoms. The molecule has 0 atom stereocenters. The number of amides is 1. The molecule has 0 unspecified atom stereocenters. The molecule has 0 fully saturated rings. The van der Waals surface area contributed by atoms with Gasteiger partial charge in [0.25, 0.3) is 5.91 Å². The third-order valence-electron chi connectivity index (χ3n) is 3.03. The maximum absolute atomic E-state index is 12.4. The Labute approximate surface area is 130 Å². The number of nitriles is 1. The molecule has 0 aliphatic rings. The lowest BCUT2D eigenvalue weighted by Gasteiger charge is -2.09. The molecule has 2 rings (SSSR count). The molecule has 0 radical (unpaired) electrons. The summed E-state index contributed by atoms with van der Waals surface area (Å²) in [6.07, 6.45) is 0. The molecule has 0 spiro atoms. The highest BCUT2D eigenvalue weighted by atomic mass is 79.9. The second kappa shape index (κ2) is 5.97. The second-order valence-electron chi connectivity index (χ2n) is 4.42. The van der Waals surface area contributed by atoms with Gasteiger partial charge >= 0.3 is 0 Å². The fourth-order valence-electron chi connectivity index (χ4n) is 1.93. The van der Waals surface area contributed by atoms with Gasteiger partial charge in [-0.2, -0.15) is 10.4 Å². The fourth-order valence-corrected chi connectivity index (χ4v) is 2.41. The molecule has 0 saturated heterocycles. The summed E-state index contributed by atoms with van der Waals surface area (Å²) < 4.78 is 2.20. The number of carbonyl (C=O) groups is 1. The highest BCUT2D eigenvalue weighted by Gasteiger charge is 2.19. The van der Waals surface area contributed by atoms with Crippen LogP contribution in [-0.2, 0) is 6.54 Å². The zero-order chi connectivity index (χ0) is 15.6. The van der Waals surface area contributed by atoms with E-state index in [2.05, 4.69) is 26.3 Å². The number of hydrogen-bond donors (Lipinski definition) is 2. The smallest absolute Gasteiger partial charge is 0.276 e. The van der Waals surface area contributed by atoms with Crippen molar-refractivity contribution in [2.24, 2.45) is 0 Å². The lowest BCUT2D eigenvalue weighted by Crippen LogP contribution is -2.19. The van der Waals surface area contributed by atoms with E-state index in [1.54, 1.807) is 29.8 Å². The number of rotatable bonds is 3. The maximum atomic E-state index is 12.4. The Bertz CT molecular complexity index is 745. The van der Waals surface area contributed by atoms with Crippen molar-refractivity contribution in [1.29, 1.82) is 5.26 Å². The summed E-state index contributed by atoms with van der Waals surface area (Å²) in [5.41, 5.74) is 8.33. The zero-order valence-corrected chi connectivity index (χ0v) is 13.2. The van der Waals surface area contributed by atoms with E-state index in [9.17, 15) is 4.79 Å². The average molecular weight is 348 g/mol. The van der Waals surface area contributed by atoms with Crippen molar-refractivity contribution in [3.8, 4) is 6.07 Å². The van der Waals surface area contributed by atoms with Crippen LogP contribution in [0.25, 0.3) is 0 Å². The van der Waals surface area contributed by atoms with E-state index in [1.807, 2.05) is 13.0 Å². The first kappa shape index (κ1) is 15.1. The first-order chi connectivity index (χ1) is 9.97. The fraction of sp³-hybridized carbons (Fsp3) is 0.214. The van der Waals surface area contributed by atoms with E-state index in [-0.39, 0.29) is 5.91 Å². The quantitative estimate of drug-likeness (QED) is 0.891. The molecule has 1 amide bonds. The number of benzene rings is 1. The molecule has 2 aromatic rings. The maximum Gasteiger partial charge on any atom is 0.276 e. The van der Waals surface area contributed by atoms with Crippen LogP contribution in [0.3, 0.4) is 0 Å². The molecule has 1 aromatic heterocycles. The SMILES string of the molecule is CCn1nc(C)c(N)c1C(=O)Nc1ccc(C#N)cc1Br.